The van der Waals surface area contributed by atoms with Crippen LogP contribution >= 0.6 is 34.7 Å². The maximum atomic E-state index is 13.1. The van der Waals surface area contributed by atoms with Crippen LogP contribution in [0.5, 0.6) is 0 Å². The largest absolute Gasteiger partial charge is 0.352 e. The molecule has 3 aromatic rings. The van der Waals surface area contributed by atoms with Gasteiger partial charge in [0, 0.05) is 11.4 Å². The molecule has 0 saturated carbocycles. The summed E-state index contributed by atoms with van der Waals surface area (Å²) < 4.78 is 5.26. The third kappa shape index (κ3) is 5.84. The van der Waals surface area contributed by atoms with Gasteiger partial charge in [-0.05, 0) is 73.1 Å². The summed E-state index contributed by atoms with van der Waals surface area (Å²) in [6.07, 6.45) is 2.48. The van der Waals surface area contributed by atoms with Crippen LogP contribution in [0.4, 0.5) is 11.6 Å². The quantitative estimate of drug-likeness (QED) is 0.308. The van der Waals surface area contributed by atoms with E-state index in [1.54, 1.807) is 11.8 Å². The summed E-state index contributed by atoms with van der Waals surface area (Å²) in [5, 5.41) is 12.8. The van der Waals surface area contributed by atoms with Gasteiger partial charge in [-0.1, -0.05) is 36.7 Å². The molecule has 0 aliphatic rings. The van der Waals surface area contributed by atoms with Crippen molar-refractivity contribution in [2.45, 2.75) is 51.9 Å². The van der Waals surface area contributed by atoms with E-state index in [9.17, 15) is 4.79 Å². The van der Waals surface area contributed by atoms with E-state index in [1.165, 1.54) is 16.9 Å². The fourth-order valence-corrected chi connectivity index (χ4v) is 5.44. The van der Waals surface area contributed by atoms with Crippen LogP contribution in [-0.4, -0.2) is 23.4 Å². The number of aromatic nitrogens is 1. The molecule has 0 aliphatic carbocycles. The van der Waals surface area contributed by atoms with Crippen molar-refractivity contribution in [3.63, 3.8) is 0 Å². The zero-order valence-electron chi connectivity index (χ0n) is 18.3. The van der Waals surface area contributed by atoms with E-state index in [1.807, 2.05) is 25.3 Å². The van der Waals surface area contributed by atoms with Crippen molar-refractivity contribution in [3.8, 4) is 0 Å². The molecule has 2 heterocycles. The van der Waals surface area contributed by atoms with Crippen LogP contribution in [0.15, 0.2) is 33.0 Å². The minimum absolute atomic E-state index is 0.0683. The minimum Gasteiger partial charge on any atom is -0.352 e. The number of thiophene rings is 1. The van der Waals surface area contributed by atoms with Gasteiger partial charge in [0.1, 0.15) is 10.7 Å². The van der Waals surface area contributed by atoms with Crippen LogP contribution in [0.25, 0.3) is 0 Å². The van der Waals surface area contributed by atoms with Gasteiger partial charge in [0.05, 0.1) is 10.6 Å². The molecule has 0 radical (unpaired) electrons. The molecule has 0 unspecified atom stereocenters. The third-order valence-electron chi connectivity index (χ3n) is 4.81. The predicted molar refractivity (Wildman–Crippen MR) is 132 cm³/mol. The Morgan fingerprint density at radius 1 is 1.29 bits per heavy atom. The van der Waals surface area contributed by atoms with Crippen LogP contribution in [0.2, 0.25) is 5.02 Å². The Balaban J connectivity index is 1.69. The number of anilines is 2. The highest BCUT2D eigenvalue weighted by Crippen LogP contribution is 2.33. The van der Waals surface area contributed by atoms with E-state index in [-0.39, 0.29) is 5.91 Å². The first kappa shape index (κ1) is 23.7. The van der Waals surface area contributed by atoms with Crippen LogP contribution in [0, 0.1) is 13.8 Å². The highest BCUT2D eigenvalue weighted by Gasteiger charge is 2.17. The number of nitrogens with one attached hydrogen (secondary N) is 2. The molecule has 5 nitrogen and oxygen atoms in total. The molecular formula is C23H28ClN3O2S2. The number of hydrogen-bond acceptors (Lipinski definition) is 6. The van der Waals surface area contributed by atoms with E-state index in [2.05, 4.69) is 41.8 Å². The molecule has 8 heteroatoms. The van der Waals surface area contributed by atoms with Gasteiger partial charge < -0.3 is 15.2 Å². The molecule has 0 aliphatic heterocycles. The Hall–Kier alpha value is -1.96. The van der Waals surface area contributed by atoms with Crippen molar-refractivity contribution < 1.29 is 9.32 Å². The highest BCUT2D eigenvalue weighted by molar-refractivity contribution is 7.99. The van der Waals surface area contributed by atoms with Crippen LogP contribution in [0.3, 0.4) is 0 Å². The smallest absolute Gasteiger partial charge is 0.266 e. The Labute approximate surface area is 196 Å². The van der Waals surface area contributed by atoms with Crippen molar-refractivity contribution in [1.82, 2.24) is 5.16 Å². The zero-order chi connectivity index (χ0) is 22.4. The number of benzene rings is 1. The van der Waals surface area contributed by atoms with Gasteiger partial charge in [0.2, 0.25) is 5.88 Å². The van der Waals surface area contributed by atoms with Crippen LogP contribution in [0.1, 0.15) is 52.3 Å². The number of rotatable bonds is 10. The van der Waals surface area contributed by atoms with Crippen molar-refractivity contribution in [2.24, 2.45) is 0 Å². The number of carbonyl (C=O) groups excluding carboxylic acids is 1. The molecule has 0 bridgehead atoms. The van der Waals surface area contributed by atoms with E-state index in [0.29, 0.717) is 23.9 Å². The van der Waals surface area contributed by atoms with Crippen molar-refractivity contribution in [3.05, 3.63) is 55.9 Å². The van der Waals surface area contributed by atoms with Gasteiger partial charge in [-0.2, -0.15) is 0 Å². The minimum atomic E-state index is -0.0683. The Bertz CT molecular complexity index is 1050. The number of nitrogens with zero attached hydrogens (tertiary/aromatic N) is 1. The fourth-order valence-electron chi connectivity index (χ4n) is 3.27. The zero-order valence-corrected chi connectivity index (χ0v) is 20.7. The summed E-state index contributed by atoms with van der Waals surface area (Å²) in [6.45, 7) is 8.86. The lowest BCUT2D eigenvalue weighted by Crippen LogP contribution is -2.15. The third-order valence-corrected chi connectivity index (χ3v) is 7.40. The van der Waals surface area contributed by atoms with Crippen molar-refractivity contribution >= 4 is 52.2 Å². The Kier molecular flexibility index (Phi) is 8.46. The topological polar surface area (TPSA) is 67.2 Å². The van der Waals surface area contributed by atoms with Crippen molar-refractivity contribution in [2.75, 3.05) is 22.9 Å². The second kappa shape index (κ2) is 11.1. The lowest BCUT2D eigenvalue weighted by molar-refractivity contribution is 0.102. The lowest BCUT2D eigenvalue weighted by Gasteiger charge is -2.15. The molecule has 3 rings (SSSR count). The van der Waals surface area contributed by atoms with E-state index < -0.39 is 0 Å². The number of amides is 1. The molecule has 166 valence electrons. The molecule has 0 fully saturated rings. The molecular weight excluding hydrogens is 450 g/mol. The summed E-state index contributed by atoms with van der Waals surface area (Å²) in [5.74, 6) is 1.43. The fraction of sp³-hybridized carbons (Fsp3) is 0.391. The standard InChI is InChI=1S/C23H28ClN3O2S2/c1-5-10-30-18-13-14(3)12-15(4)20(18)26-22(28)21-16(8-11-31-21)7-9-25-23-19(24)17(6-2)27-29-23/h8,11-13,25H,5-7,9-10H2,1-4H3,(H,26,28). The second-order valence-corrected chi connectivity index (χ2v) is 9.77. The number of carbonyl (C=O) groups is 1. The predicted octanol–water partition coefficient (Wildman–Crippen LogP) is 6.98. The highest BCUT2D eigenvalue weighted by atomic mass is 35.5. The molecule has 1 aromatic carbocycles. The van der Waals surface area contributed by atoms with E-state index >= 15 is 0 Å². The van der Waals surface area contributed by atoms with E-state index in [4.69, 9.17) is 16.1 Å². The van der Waals surface area contributed by atoms with E-state index in [0.717, 1.165) is 50.9 Å². The van der Waals surface area contributed by atoms with Gasteiger partial charge in [-0.15, -0.1) is 23.1 Å². The Morgan fingerprint density at radius 2 is 2.10 bits per heavy atom. The Morgan fingerprint density at radius 3 is 2.81 bits per heavy atom. The molecule has 1 amide bonds. The molecule has 0 atom stereocenters. The first-order chi connectivity index (χ1) is 14.9. The summed E-state index contributed by atoms with van der Waals surface area (Å²) >= 11 is 9.49. The van der Waals surface area contributed by atoms with Gasteiger partial charge in [0.15, 0.2) is 0 Å². The molecule has 2 aromatic heterocycles. The molecule has 0 saturated heterocycles. The summed E-state index contributed by atoms with van der Waals surface area (Å²) in [6, 6.07) is 6.25. The van der Waals surface area contributed by atoms with Crippen LogP contribution in [-0.2, 0) is 12.8 Å². The first-order valence-electron chi connectivity index (χ1n) is 10.4. The maximum Gasteiger partial charge on any atom is 0.266 e. The van der Waals surface area contributed by atoms with Crippen LogP contribution < -0.4 is 10.6 Å². The van der Waals surface area contributed by atoms with Gasteiger partial charge in [-0.3, -0.25) is 4.79 Å². The normalized spacial score (nSPS) is 11.0. The second-order valence-electron chi connectivity index (χ2n) is 7.34. The first-order valence-corrected chi connectivity index (χ1v) is 12.7. The molecule has 2 N–H and O–H groups in total. The number of thioether (sulfide) groups is 1. The summed E-state index contributed by atoms with van der Waals surface area (Å²) in [7, 11) is 0. The number of hydrogen-bond donors (Lipinski definition) is 2. The monoisotopic (exact) mass is 477 g/mol. The average Bonchev–Trinajstić information content (AvgIpc) is 3.35. The van der Waals surface area contributed by atoms with Crippen molar-refractivity contribution in [1.29, 1.82) is 0 Å². The SMILES string of the molecule is CCCSc1cc(C)cc(C)c1NC(=O)c1sccc1CCNc1onc(CC)c1Cl. The molecule has 0 spiro atoms. The van der Waals surface area contributed by atoms with Gasteiger partial charge >= 0.3 is 0 Å². The summed E-state index contributed by atoms with van der Waals surface area (Å²) in [5.41, 5.74) is 4.93. The summed E-state index contributed by atoms with van der Waals surface area (Å²) in [4.78, 5) is 15.0. The molecule has 31 heavy (non-hydrogen) atoms. The van der Waals surface area contributed by atoms with Gasteiger partial charge in [0.25, 0.3) is 5.91 Å². The lowest BCUT2D eigenvalue weighted by atomic mass is 10.1. The maximum absolute atomic E-state index is 13.1. The van der Waals surface area contributed by atoms with Gasteiger partial charge in [-0.25, -0.2) is 0 Å². The number of aryl methyl sites for hydroxylation is 3. The average molecular weight is 478 g/mol. The number of halogens is 1.